The van der Waals surface area contributed by atoms with Crippen LogP contribution in [0.1, 0.15) is 22.7 Å². The molecule has 0 fully saturated rings. The second kappa shape index (κ2) is 14.9. The number of aliphatic imine (C=N–C) groups is 1. The van der Waals surface area contributed by atoms with Gasteiger partial charge in [0.2, 0.25) is 0 Å². The molecule has 0 spiro atoms. The van der Waals surface area contributed by atoms with Gasteiger partial charge in [0, 0.05) is 34.5 Å². The largest absolute Gasteiger partial charge is 0.455 e. The third-order valence-electron chi connectivity index (χ3n) is 12.0. The van der Waals surface area contributed by atoms with E-state index in [0.29, 0.717) is 0 Å². The second-order valence-corrected chi connectivity index (χ2v) is 15.4. The van der Waals surface area contributed by atoms with Gasteiger partial charge in [-0.3, -0.25) is 4.99 Å². The maximum Gasteiger partial charge on any atom is 0.144 e. The number of benzene rings is 10. The summed E-state index contributed by atoms with van der Waals surface area (Å²) in [5.41, 5.74) is 11.5. The Balaban J connectivity index is 1.20. The van der Waals surface area contributed by atoms with Crippen LogP contribution in [0.2, 0.25) is 0 Å². The third kappa shape index (κ3) is 6.02. The summed E-state index contributed by atoms with van der Waals surface area (Å²) in [6.07, 6.45) is 0. The summed E-state index contributed by atoms with van der Waals surface area (Å²) in [7, 11) is 1.88. The normalized spacial score (nSPS) is 12.0. The summed E-state index contributed by atoms with van der Waals surface area (Å²) in [5, 5.41) is 13.5. The van der Waals surface area contributed by atoms with Gasteiger partial charge in [0.15, 0.2) is 0 Å². The van der Waals surface area contributed by atoms with Crippen molar-refractivity contribution in [2.75, 3.05) is 7.05 Å². The van der Waals surface area contributed by atoms with Gasteiger partial charge < -0.3 is 9.73 Å². The number of hydrogen-bond donors (Lipinski definition) is 1. The number of hydrogen-bond acceptors (Lipinski definition) is 2. The molecule has 60 heavy (non-hydrogen) atoms. The van der Waals surface area contributed by atoms with Crippen molar-refractivity contribution in [3.63, 3.8) is 0 Å². The first-order chi connectivity index (χ1) is 29.7. The molecule has 11 rings (SSSR count). The maximum atomic E-state index is 7.31. The smallest absolute Gasteiger partial charge is 0.144 e. The molecule has 0 saturated carbocycles. The lowest BCUT2D eigenvalue weighted by Gasteiger charge is -2.23. The van der Waals surface area contributed by atoms with E-state index >= 15 is 0 Å². The molecule has 284 valence electrons. The Bertz CT molecular complexity index is 3310. The van der Waals surface area contributed by atoms with Crippen molar-refractivity contribution < 1.29 is 4.42 Å². The van der Waals surface area contributed by atoms with Crippen LogP contribution >= 0.6 is 0 Å². The average molecular weight is 769 g/mol. The predicted molar refractivity (Wildman–Crippen MR) is 253 cm³/mol. The lowest BCUT2D eigenvalue weighted by Crippen LogP contribution is -2.30. The zero-order valence-electron chi connectivity index (χ0n) is 33.1. The number of amidine groups is 1. The second-order valence-electron chi connectivity index (χ2n) is 15.4. The summed E-state index contributed by atoms with van der Waals surface area (Å²) >= 11 is 0. The first kappa shape index (κ1) is 35.4. The Hall–Kier alpha value is -7.75. The summed E-state index contributed by atoms with van der Waals surface area (Å²) in [6.45, 7) is 0. The van der Waals surface area contributed by atoms with Crippen LogP contribution in [-0.4, -0.2) is 12.9 Å². The summed E-state index contributed by atoms with van der Waals surface area (Å²) in [5.74, 6) is 0.786. The Kier molecular flexibility index (Phi) is 8.78. The molecular weight excluding hydrogens is 729 g/mol. The van der Waals surface area contributed by atoms with E-state index in [-0.39, 0.29) is 6.04 Å². The molecule has 0 saturated heterocycles. The lowest BCUT2D eigenvalue weighted by molar-refractivity contribution is 0.671. The first-order valence-electron chi connectivity index (χ1n) is 20.5. The highest BCUT2D eigenvalue weighted by atomic mass is 16.3. The molecule has 0 bridgehead atoms. The van der Waals surface area contributed by atoms with Gasteiger partial charge in [-0.15, -0.1) is 0 Å². The average Bonchev–Trinajstić information content (AvgIpc) is 3.72. The molecule has 1 N–H and O–H groups in total. The fraction of sp³-hybridized carbons (Fsp3) is 0.0351. The lowest BCUT2D eigenvalue weighted by atomic mass is 9.90. The molecule has 1 aromatic heterocycles. The van der Waals surface area contributed by atoms with Gasteiger partial charge >= 0.3 is 0 Å². The zero-order chi connectivity index (χ0) is 40.0. The van der Waals surface area contributed by atoms with Crippen molar-refractivity contribution in [2.24, 2.45) is 4.99 Å². The van der Waals surface area contributed by atoms with Gasteiger partial charge in [-0.2, -0.15) is 0 Å². The van der Waals surface area contributed by atoms with Crippen LogP contribution < -0.4 is 5.32 Å². The van der Waals surface area contributed by atoms with E-state index in [1.807, 2.05) is 7.05 Å². The van der Waals surface area contributed by atoms with Crippen molar-refractivity contribution in [2.45, 2.75) is 6.04 Å². The zero-order valence-corrected chi connectivity index (χ0v) is 33.1. The molecule has 10 aromatic carbocycles. The monoisotopic (exact) mass is 768 g/mol. The van der Waals surface area contributed by atoms with Crippen LogP contribution in [-0.2, 0) is 0 Å². The van der Waals surface area contributed by atoms with Crippen molar-refractivity contribution in [3.05, 3.63) is 229 Å². The molecule has 0 aliphatic rings. The van der Waals surface area contributed by atoms with Crippen molar-refractivity contribution in [1.82, 2.24) is 5.32 Å². The SMILES string of the molecule is CN=C(NC(c1ccccc1)c1ccccc1)c1ccc(-c2ccc3c4ccccc4c4ccccc4c3c2)c2oc3c(-c4ccccc4)cc(-c4ccccc4)cc3c12. The fourth-order valence-corrected chi connectivity index (χ4v) is 9.16. The van der Waals surface area contributed by atoms with Crippen LogP contribution in [0.4, 0.5) is 0 Å². The van der Waals surface area contributed by atoms with Gasteiger partial charge in [0.25, 0.3) is 0 Å². The van der Waals surface area contributed by atoms with Crippen LogP contribution in [0.15, 0.2) is 222 Å². The van der Waals surface area contributed by atoms with Crippen LogP contribution in [0, 0.1) is 0 Å². The van der Waals surface area contributed by atoms with E-state index in [1.54, 1.807) is 0 Å². The van der Waals surface area contributed by atoms with Crippen LogP contribution in [0.5, 0.6) is 0 Å². The Labute approximate surface area is 348 Å². The summed E-state index contributed by atoms with van der Waals surface area (Å²) in [4.78, 5) is 5.02. The van der Waals surface area contributed by atoms with E-state index in [4.69, 9.17) is 9.41 Å². The van der Waals surface area contributed by atoms with Gasteiger partial charge in [-0.05, 0) is 96.0 Å². The topological polar surface area (TPSA) is 37.5 Å². The Morgan fingerprint density at radius 3 is 1.48 bits per heavy atom. The molecule has 3 nitrogen and oxygen atoms in total. The van der Waals surface area contributed by atoms with Crippen LogP contribution in [0.25, 0.3) is 87.6 Å². The minimum atomic E-state index is -0.137. The number of nitrogens with zero attached hydrogens (tertiary/aromatic N) is 1. The van der Waals surface area contributed by atoms with Gasteiger partial charge in [0.1, 0.15) is 17.0 Å². The molecule has 3 heteroatoms. The highest BCUT2D eigenvalue weighted by Crippen LogP contribution is 2.45. The van der Waals surface area contributed by atoms with Gasteiger partial charge in [0.05, 0.1) is 6.04 Å². The van der Waals surface area contributed by atoms with Crippen LogP contribution in [0.3, 0.4) is 0 Å². The van der Waals surface area contributed by atoms with Gasteiger partial charge in [-0.25, -0.2) is 0 Å². The van der Waals surface area contributed by atoms with E-state index in [1.165, 1.54) is 32.3 Å². The molecule has 0 radical (unpaired) electrons. The number of furan rings is 1. The van der Waals surface area contributed by atoms with Crippen molar-refractivity contribution >= 4 is 60.1 Å². The maximum absolute atomic E-state index is 7.31. The molecule has 11 aromatic rings. The molecule has 0 aliphatic carbocycles. The first-order valence-corrected chi connectivity index (χ1v) is 20.5. The number of fused-ring (bicyclic) bond motifs is 9. The Morgan fingerprint density at radius 2 is 0.900 bits per heavy atom. The summed E-state index contributed by atoms with van der Waals surface area (Å²) in [6, 6.07) is 75.7. The van der Waals surface area contributed by atoms with Crippen molar-refractivity contribution in [3.8, 4) is 33.4 Å². The number of nitrogens with one attached hydrogen (secondary N) is 1. The molecular formula is C57H40N2O. The minimum Gasteiger partial charge on any atom is -0.455 e. The predicted octanol–water partition coefficient (Wildman–Crippen LogP) is 14.8. The molecule has 1 heterocycles. The van der Waals surface area contributed by atoms with Crippen molar-refractivity contribution in [1.29, 1.82) is 0 Å². The van der Waals surface area contributed by atoms with Gasteiger partial charge in [-0.1, -0.05) is 182 Å². The minimum absolute atomic E-state index is 0.137. The van der Waals surface area contributed by atoms with E-state index in [0.717, 1.165) is 77.8 Å². The van der Waals surface area contributed by atoms with E-state index in [2.05, 4.69) is 218 Å². The highest BCUT2D eigenvalue weighted by molar-refractivity contribution is 6.27. The third-order valence-corrected chi connectivity index (χ3v) is 12.0. The number of rotatable bonds is 7. The highest BCUT2D eigenvalue weighted by Gasteiger charge is 2.25. The quantitative estimate of drug-likeness (QED) is 0.0996. The molecule has 0 aliphatic heterocycles. The molecule has 0 atom stereocenters. The van der Waals surface area contributed by atoms with E-state index < -0.39 is 0 Å². The summed E-state index contributed by atoms with van der Waals surface area (Å²) < 4.78 is 7.31. The molecule has 0 amide bonds. The Morgan fingerprint density at radius 1 is 0.400 bits per heavy atom. The fourth-order valence-electron chi connectivity index (χ4n) is 9.16. The van der Waals surface area contributed by atoms with E-state index in [9.17, 15) is 0 Å². The molecule has 0 unspecified atom stereocenters. The standard InChI is InChI=1S/C57H40N2O/c1-58-57(59-54(39-22-10-4-11-23-39)40-24-12-5-13-25-40)49-33-32-43(41-30-31-48-46-28-15-14-26-44(46)45-27-16-17-29-47(45)51(48)34-41)56-53(49)52-36-42(37-18-6-2-7-19-37)35-50(55(52)60-56)38-20-8-3-9-21-38/h2-36,54H,1H3,(H,58,59).